The van der Waals surface area contributed by atoms with Crippen LogP contribution in [-0.4, -0.2) is 58.9 Å². The SMILES string of the molecule is CCOc1c(C)nc2c(c1C)CN(CC(=O)c1ccc(OC(C)C(=O)OC(=O)C(F)(F)F)c(C(C)(C)C)c1)C2=N. The number of nitrogens with zero attached hydrogens (tertiary/aromatic N) is 2. The van der Waals surface area contributed by atoms with Gasteiger partial charge in [0.05, 0.1) is 18.8 Å². The zero-order valence-electron chi connectivity index (χ0n) is 23.4. The van der Waals surface area contributed by atoms with Crippen LogP contribution in [0.2, 0.25) is 0 Å². The second-order valence-corrected chi connectivity index (χ2v) is 10.5. The minimum absolute atomic E-state index is 0.0935. The standard InChI is InChI=1S/C28H32F3N3O6/c1-8-38-23-14(2)18-12-34(24(32)22(18)33-15(23)3)13-20(35)17-9-10-21(19(11-17)27(5,6)7)39-16(4)25(36)40-26(37)28(29,30)31/h9-11,16,32H,8,12-13H2,1-7H3. The molecule has 9 nitrogen and oxygen atoms in total. The quantitative estimate of drug-likeness (QED) is 0.276. The highest BCUT2D eigenvalue weighted by Gasteiger charge is 2.43. The number of carbonyl (C=O) groups excluding carboxylic acids is 3. The van der Waals surface area contributed by atoms with E-state index in [2.05, 4.69) is 9.72 Å². The smallest absolute Gasteiger partial charge is 0.491 e. The normalized spacial score (nSPS) is 14.1. The number of aromatic nitrogens is 1. The Morgan fingerprint density at radius 3 is 2.38 bits per heavy atom. The molecule has 0 saturated carbocycles. The van der Waals surface area contributed by atoms with Crippen LogP contribution in [0.15, 0.2) is 18.2 Å². The van der Waals surface area contributed by atoms with Crippen LogP contribution in [0.5, 0.6) is 11.5 Å². The number of nitrogens with one attached hydrogen (secondary N) is 1. The van der Waals surface area contributed by atoms with Gasteiger partial charge in [0, 0.05) is 28.8 Å². The third kappa shape index (κ3) is 6.43. The molecular formula is C28H32F3N3O6. The largest absolute Gasteiger partial charge is 0.492 e. The summed E-state index contributed by atoms with van der Waals surface area (Å²) in [6, 6.07) is 4.50. The van der Waals surface area contributed by atoms with E-state index in [-0.39, 0.29) is 23.9 Å². The summed E-state index contributed by atoms with van der Waals surface area (Å²) in [6.45, 7) is 12.9. The maximum absolute atomic E-state index is 13.3. The number of Topliss-reactive ketones (excluding diaryl/α,β-unsaturated/α-hetero) is 1. The van der Waals surface area contributed by atoms with Gasteiger partial charge < -0.3 is 19.1 Å². The topological polar surface area (TPSA) is 119 Å². The predicted molar refractivity (Wildman–Crippen MR) is 139 cm³/mol. The minimum Gasteiger partial charge on any atom is -0.492 e. The molecule has 0 aliphatic carbocycles. The van der Waals surface area contributed by atoms with E-state index >= 15 is 0 Å². The van der Waals surface area contributed by atoms with Gasteiger partial charge in [-0.2, -0.15) is 13.2 Å². The third-order valence-electron chi connectivity index (χ3n) is 6.37. The van der Waals surface area contributed by atoms with Crippen molar-refractivity contribution in [2.24, 2.45) is 0 Å². The second-order valence-electron chi connectivity index (χ2n) is 10.5. The highest BCUT2D eigenvalue weighted by Crippen LogP contribution is 2.35. The fraction of sp³-hybridized carbons (Fsp3) is 0.464. The van der Waals surface area contributed by atoms with Crippen LogP contribution in [0.25, 0.3) is 0 Å². The van der Waals surface area contributed by atoms with E-state index in [1.54, 1.807) is 11.0 Å². The van der Waals surface area contributed by atoms with E-state index in [0.717, 1.165) is 18.1 Å². The predicted octanol–water partition coefficient (Wildman–Crippen LogP) is 4.82. The molecule has 0 bridgehead atoms. The Kier molecular flexibility index (Phi) is 8.61. The van der Waals surface area contributed by atoms with E-state index in [0.29, 0.717) is 41.4 Å². The number of hydrogen-bond acceptors (Lipinski definition) is 8. The van der Waals surface area contributed by atoms with Crippen LogP contribution in [-0.2, 0) is 26.3 Å². The van der Waals surface area contributed by atoms with Gasteiger partial charge in [0.25, 0.3) is 0 Å². The van der Waals surface area contributed by atoms with Crippen molar-refractivity contribution >= 4 is 23.6 Å². The number of rotatable bonds is 8. The number of alkyl halides is 3. The number of halogens is 3. The highest BCUT2D eigenvalue weighted by atomic mass is 19.4. The van der Waals surface area contributed by atoms with Crippen molar-refractivity contribution in [3.05, 3.63) is 51.8 Å². The first kappa shape index (κ1) is 30.6. The van der Waals surface area contributed by atoms with Crippen molar-refractivity contribution in [1.29, 1.82) is 5.41 Å². The Morgan fingerprint density at radius 1 is 1.15 bits per heavy atom. The molecule has 1 aliphatic rings. The molecule has 1 aromatic carbocycles. The van der Waals surface area contributed by atoms with E-state index in [9.17, 15) is 27.6 Å². The molecule has 0 saturated heterocycles. The number of carbonyl (C=O) groups is 3. The fourth-order valence-corrected chi connectivity index (χ4v) is 4.30. The molecule has 2 heterocycles. The summed E-state index contributed by atoms with van der Waals surface area (Å²) in [6.07, 6.45) is -6.85. The lowest BCUT2D eigenvalue weighted by molar-refractivity contribution is -0.203. The molecule has 1 N–H and O–H groups in total. The van der Waals surface area contributed by atoms with Gasteiger partial charge in [-0.05, 0) is 51.3 Å². The van der Waals surface area contributed by atoms with E-state index in [1.165, 1.54) is 12.1 Å². The number of esters is 2. The van der Waals surface area contributed by atoms with Gasteiger partial charge in [-0.1, -0.05) is 20.8 Å². The van der Waals surface area contributed by atoms with Gasteiger partial charge in [-0.25, -0.2) is 14.6 Å². The van der Waals surface area contributed by atoms with E-state index < -0.39 is 29.6 Å². The average Bonchev–Trinajstić information content (AvgIpc) is 3.15. The lowest BCUT2D eigenvalue weighted by atomic mass is 9.85. The molecule has 216 valence electrons. The number of ketones is 1. The molecule has 0 fully saturated rings. The van der Waals surface area contributed by atoms with E-state index in [1.807, 2.05) is 41.5 Å². The number of benzene rings is 1. The van der Waals surface area contributed by atoms with Crippen LogP contribution >= 0.6 is 0 Å². The molecule has 40 heavy (non-hydrogen) atoms. The van der Waals surface area contributed by atoms with Crippen LogP contribution in [0.3, 0.4) is 0 Å². The lowest BCUT2D eigenvalue weighted by Gasteiger charge is -2.25. The first-order chi connectivity index (χ1) is 18.4. The molecule has 0 amide bonds. The van der Waals surface area contributed by atoms with Gasteiger partial charge in [0.2, 0.25) is 0 Å². The Hall–Kier alpha value is -3.96. The van der Waals surface area contributed by atoms with Crippen molar-refractivity contribution in [2.75, 3.05) is 13.2 Å². The lowest BCUT2D eigenvalue weighted by Crippen LogP contribution is -2.34. The summed E-state index contributed by atoms with van der Waals surface area (Å²) >= 11 is 0. The molecule has 3 rings (SSSR count). The molecule has 1 atom stereocenters. The number of ether oxygens (including phenoxy) is 3. The van der Waals surface area contributed by atoms with Crippen LogP contribution in [0.4, 0.5) is 13.2 Å². The molecular weight excluding hydrogens is 531 g/mol. The average molecular weight is 564 g/mol. The molecule has 1 aromatic heterocycles. The number of hydrogen-bond donors (Lipinski definition) is 1. The first-order valence-corrected chi connectivity index (χ1v) is 12.6. The summed E-state index contributed by atoms with van der Waals surface area (Å²) in [5.41, 5.74) is 3.12. The number of amidine groups is 1. The maximum atomic E-state index is 13.3. The first-order valence-electron chi connectivity index (χ1n) is 12.6. The Morgan fingerprint density at radius 2 is 1.80 bits per heavy atom. The second kappa shape index (κ2) is 11.3. The summed E-state index contributed by atoms with van der Waals surface area (Å²) in [4.78, 5) is 42.5. The minimum atomic E-state index is -5.32. The number of aryl methyl sites for hydroxylation is 1. The van der Waals surface area contributed by atoms with Gasteiger partial charge in [-0.3, -0.25) is 10.2 Å². The van der Waals surface area contributed by atoms with Crippen LogP contribution in [0, 0.1) is 19.3 Å². The zero-order valence-corrected chi connectivity index (χ0v) is 23.4. The molecule has 12 heteroatoms. The van der Waals surface area contributed by atoms with Crippen LogP contribution in [0.1, 0.15) is 73.1 Å². The number of pyridine rings is 1. The fourth-order valence-electron chi connectivity index (χ4n) is 4.30. The van der Waals surface area contributed by atoms with Crippen molar-refractivity contribution in [3.8, 4) is 11.5 Å². The Labute approximate surface area is 230 Å². The molecule has 0 radical (unpaired) electrons. The highest BCUT2D eigenvalue weighted by molar-refractivity contribution is 6.04. The molecule has 2 aromatic rings. The Balaban J connectivity index is 1.80. The summed E-state index contributed by atoms with van der Waals surface area (Å²) in [7, 11) is 0. The van der Waals surface area contributed by atoms with Gasteiger partial charge in [0.15, 0.2) is 11.9 Å². The van der Waals surface area contributed by atoms with Crippen molar-refractivity contribution in [3.63, 3.8) is 0 Å². The zero-order chi connectivity index (χ0) is 30.2. The third-order valence-corrected chi connectivity index (χ3v) is 6.37. The maximum Gasteiger partial charge on any atom is 0.491 e. The van der Waals surface area contributed by atoms with Gasteiger partial charge >= 0.3 is 18.1 Å². The molecule has 1 unspecified atom stereocenters. The number of fused-ring (bicyclic) bond motifs is 1. The summed E-state index contributed by atoms with van der Waals surface area (Å²) < 4.78 is 52.5. The van der Waals surface area contributed by atoms with Gasteiger partial charge in [-0.15, -0.1) is 0 Å². The monoisotopic (exact) mass is 563 g/mol. The van der Waals surface area contributed by atoms with Crippen LogP contribution < -0.4 is 9.47 Å². The Bertz CT molecular complexity index is 1360. The molecule has 0 spiro atoms. The summed E-state index contributed by atoms with van der Waals surface area (Å²) in [5, 5.41) is 8.60. The van der Waals surface area contributed by atoms with Crippen molar-refractivity contribution in [1.82, 2.24) is 9.88 Å². The van der Waals surface area contributed by atoms with Crippen molar-refractivity contribution < 1.29 is 41.8 Å². The van der Waals surface area contributed by atoms with Crippen molar-refractivity contribution in [2.45, 2.75) is 72.7 Å². The van der Waals surface area contributed by atoms with Gasteiger partial charge in [0.1, 0.15) is 23.0 Å². The van der Waals surface area contributed by atoms with E-state index in [4.69, 9.17) is 14.9 Å². The summed E-state index contributed by atoms with van der Waals surface area (Å²) in [5.74, 6) is -3.46. The molecule has 1 aliphatic heterocycles.